The van der Waals surface area contributed by atoms with Gasteiger partial charge in [-0.1, -0.05) is 34.6 Å². The first-order valence-corrected chi connectivity index (χ1v) is 5.64. The third-order valence-electron chi connectivity index (χ3n) is 2.87. The summed E-state index contributed by atoms with van der Waals surface area (Å²) in [6.45, 7) is 14.4. The second kappa shape index (κ2) is 6.38. The lowest BCUT2D eigenvalue weighted by Crippen LogP contribution is -2.46. The van der Waals surface area contributed by atoms with Crippen molar-refractivity contribution in [2.24, 2.45) is 11.3 Å². The van der Waals surface area contributed by atoms with Crippen molar-refractivity contribution < 1.29 is 0 Å². The number of hydrazine groups is 1. The molecular formula is C11H27N3. The SMILES string of the molecule is CCN(CC)CCC(NN)C(C)(C)C. The molecule has 0 saturated heterocycles. The molecule has 0 fully saturated rings. The molecule has 1 atom stereocenters. The third kappa shape index (κ3) is 4.94. The van der Waals surface area contributed by atoms with Gasteiger partial charge < -0.3 is 4.90 Å². The Morgan fingerprint density at radius 2 is 1.71 bits per heavy atom. The molecule has 0 aromatic heterocycles. The number of hydrogen-bond donors (Lipinski definition) is 2. The molecule has 86 valence electrons. The van der Waals surface area contributed by atoms with Gasteiger partial charge in [0.15, 0.2) is 0 Å². The predicted molar refractivity (Wildman–Crippen MR) is 63.0 cm³/mol. The summed E-state index contributed by atoms with van der Waals surface area (Å²) in [4.78, 5) is 2.43. The van der Waals surface area contributed by atoms with E-state index in [1.165, 1.54) is 0 Å². The van der Waals surface area contributed by atoms with Crippen LogP contribution in [0.2, 0.25) is 0 Å². The van der Waals surface area contributed by atoms with Gasteiger partial charge in [0.25, 0.3) is 0 Å². The highest BCUT2D eigenvalue weighted by molar-refractivity contribution is 4.79. The van der Waals surface area contributed by atoms with Crippen LogP contribution >= 0.6 is 0 Å². The van der Waals surface area contributed by atoms with Crippen LogP contribution in [0, 0.1) is 5.41 Å². The highest BCUT2D eigenvalue weighted by Gasteiger charge is 2.23. The van der Waals surface area contributed by atoms with Gasteiger partial charge in [-0.05, 0) is 31.5 Å². The zero-order valence-corrected chi connectivity index (χ0v) is 10.4. The average molecular weight is 201 g/mol. The molecule has 0 saturated carbocycles. The maximum absolute atomic E-state index is 5.56. The molecule has 0 aliphatic rings. The van der Waals surface area contributed by atoms with E-state index in [0.717, 1.165) is 26.1 Å². The fraction of sp³-hybridized carbons (Fsp3) is 1.00. The Kier molecular flexibility index (Phi) is 6.33. The first-order valence-electron chi connectivity index (χ1n) is 5.64. The predicted octanol–water partition coefficient (Wildman–Crippen LogP) is 1.60. The lowest BCUT2D eigenvalue weighted by molar-refractivity contribution is 0.214. The number of nitrogens with two attached hydrogens (primary N) is 1. The van der Waals surface area contributed by atoms with Gasteiger partial charge in [0.05, 0.1) is 0 Å². The largest absolute Gasteiger partial charge is 0.304 e. The summed E-state index contributed by atoms with van der Waals surface area (Å²) in [5, 5.41) is 0. The molecule has 3 nitrogen and oxygen atoms in total. The molecule has 1 unspecified atom stereocenters. The van der Waals surface area contributed by atoms with Gasteiger partial charge in [0.1, 0.15) is 0 Å². The lowest BCUT2D eigenvalue weighted by Gasteiger charge is -2.31. The van der Waals surface area contributed by atoms with E-state index in [0.29, 0.717) is 6.04 Å². The van der Waals surface area contributed by atoms with Gasteiger partial charge in [-0.2, -0.15) is 0 Å². The van der Waals surface area contributed by atoms with E-state index in [2.05, 4.69) is 44.9 Å². The summed E-state index contributed by atoms with van der Waals surface area (Å²) >= 11 is 0. The smallest absolute Gasteiger partial charge is 0.0271 e. The van der Waals surface area contributed by atoms with E-state index in [-0.39, 0.29) is 5.41 Å². The minimum atomic E-state index is 0.238. The summed E-state index contributed by atoms with van der Waals surface area (Å²) in [6, 6.07) is 0.392. The Hall–Kier alpha value is -0.120. The van der Waals surface area contributed by atoms with E-state index < -0.39 is 0 Å². The first kappa shape index (κ1) is 13.9. The average Bonchev–Trinajstić information content (AvgIpc) is 2.10. The van der Waals surface area contributed by atoms with Crippen molar-refractivity contribution in [1.29, 1.82) is 0 Å². The van der Waals surface area contributed by atoms with Crippen LogP contribution in [-0.2, 0) is 0 Å². The second-order valence-corrected chi connectivity index (χ2v) is 4.90. The van der Waals surface area contributed by atoms with Crippen molar-refractivity contribution in [2.45, 2.75) is 47.1 Å². The Labute approximate surface area is 89.0 Å². The minimum Gasteiger partial charge on any atom is -0.304 e. The normalized spacial score (nSPS) is 14.8. The fourth-order valence-electron chi connectivity index (χ4n) is 1.62. The number of hydrogen-bond acceptors (Lipinski definition) is 3. The monoisotopic (exact) mass is 201 g/mol. The van der Waals surface area contributed by atoms with Crippen LogP contribution in [0.25, 0.3) is 0 Å². The van der Waals surface area contributed by atoms with E-state index in [9.17, 15) is 0 Å². The van der Waals surface area contributed by atoms with Gasteiger partial charge in [-0.3, -0.25) is 11.3 Å². The summed E-state index contributed by atoms with van der Waals surface area (Å²) in [6.07, 6.45) is 1.11. The number of nitrogens with zero attached hydrogens (tertiary/aromatic N) is 1. The van der Waals surface area contributed by atoms with Gasteiger partial charge in [-0.25, -0.2) is 0 Å². The van der Waals surface area contributed by atoms with Crippen molar-refractivity contribution in [3.8, 4) is 0 Å². The van der Waals surface area contributed by atoms with Gasteiger partial charge in [0, 0.05) is 6.04 Å². The zero-order chi connectivity index (χ0) is 11.2. The van der Waals surface area contributed by atoms with Crippen LogP contribution in [0.1, 0.15) is 41.0 Å². The molecule has 0 aliphatic heterocycles. The second-order valence-electron chi connectivity index (χ2n) is 4.90. The van der Waals surface area contributed by atoms with Crippen molar-refractivity contribution in [3.05, 3.63) is 0 Å². The Morgan fingerprint density at radius 3 is 2.00 bits per heavy atom. The van der Waals surface area contributed by atoms with Gasteiger partial charge in [0.2, 0.25) is 0 Å². The van der Waals surface area contributed by atoms with Crippen molar-refractivity contribution in [1.82, 2.24) is 10.3 Å². The molecule has 0 aromatic carbocycles. The maximum atomic E-state index is 5.56. The van der Waals surface area contributed by atoms with Crippen molar-refractivity contribution in [2.75, 3.05) is 19.6 Å². The molecule has 0 spiro atoms. The highest BCUT2D eigenvalue weighted by Crippen LogP contribution is 2.21. The van der Waals surface area contributed by atoms with Crippen molar-refractivity contribution >= 4 is 0 Å². The molecule has 0 aliphatic carbocycles. The Morgan fingerprint density at radius 1 is 1.21 bits per heavy atom. The fourth-order valence-corrected chi connectivity index (χ4v) is 1.62. The van der Waals surface area contributed by atoms with Gasteiger partial charge >= 0.3 is 0 Å². The Bertz CT molecular complexity index is 136. The molecule has 3 N–H and O–H groups in total. The maximum Gasteiger partial charge on any atom is 0.0271 e. The van der Waals surface area contributed by atoms with Crippen molar-refractivity contribution in [3.63, 3.8) is 0 Å². The molecule has 0 aromatic rings. The molecule has 14 heavy (non-hydrogen) atoms. The molecule has 0 bridgehead atoms. The Balaban J connectivity index is 3.95. The number of nitrogens with one attached hydrogen (secondary N) is 1. The van der Waals surface area contributed by atoms with Gasteiger partial charge in [-0.15, -0.1) is 0 Å². The first-order chi connectivity index (χ1) is 6.45. The number of rotatable bonds is 6. The van der Waals surface area contributed by atoms with Crippen LogP contribution in [0.4, 0.5) is 0 Å². The van der Waals surface area contributed by atoms with E-state index in [1.807, 2.05) is 0 Å². The summed E-state index contributed by atoms with van der Waals surface area (Å²) < 4.78 is 0. The molecule has 0 heterocycles. The molecule has 0 radical (unpaired) electrons. The highest BCUT2D eigenvalue weighted by atomic mass is 15.2. The quantitative estimate of drug-likeness (QED) is 0.506. The van der Waals surface area contributed by atoms with E-state index in [1.54, 1.807) is 0 Å². The summed E-state index contributed by atoms with van der Waals surface area (Å²) in [5.41, 5.74) is 3.16. The third-order valence-corrected chi connectivity index (χ3v) is 2.87. The minimum absolute atomic E-state index is 0.238. The van der Waals surface area contributed by atoms with E-state index >= 15 is 0 Å². The summed E-state index contributed by atoms with van der Waals surface area (Å²) in [5.74, 6) is 5.56. The van der Waals surface area contributed by atoms with Crippen LogP contribution in [-0.4, -0.2) is 30.6 Å². The summed E-state index contributed by atoms with van der Waals surface area (Å²) in [7, 11) is 0. The van der Waals surface area contributed by atoms with Crippen LogP contribution < -0.4 is 11.3 Å². The molecule has 0 rings (SSSR count). The molecular weight excluding hydrogens is 174 g/mol. The standard InChI is InChI=1S/C11H27N3/c1-6-14(7-2)9-8-10(13-12)11(3,4)5/h10,13H,6-9,12H2,1-5H3. The zero-order valence-electron chi connectivity index (χ0n) is 10.4. The molecule has 0 amide bonds. The van der Waals surface area contributed by atoms with E-state index in [4.69, 9.17) is 5.84 Å². The van der Waals surface area contributed by atoms with Crippen LogP contribution in [0.3, 0.4) is 0 Å². The van der Waals surface area contributed by atoms with Crippen LogP contribution in [0.5, 0.6) is 0 Å². The molecule has 3 heteroatoms. The van der Waals surface area contributed by atoms with Crippen LogP contribution in [0.15, 0.2) is 0 Å². The lowest BCUT2D eigenvalue weighted by atomic mass is 9.85. The topological polar surface area (TPSA) is 41.3 Å².